The van der Waals surface area contributed by atoms with Gasteiger partial charge < -0.3 is 25.7 Å². The van der Waals surface area contributed by atoms with E-state index in [0.29, 0.717) is 11.6 Å². The molecule has 0 radical (unpaired) electrons. The number of pyridine rings is 2. The van der Waals surface area contributed by atoms with Crippen LogP contribution in [0.3, 0.4) is 0 Å². The third-order valence-corrected chi connectivity index (χ3v) is 4.87. The van der Waals surface area contributed by atoms with E-state index in [1.165, 1.54) is 5.69 Å². The van der Waals surface area contributed by atoms with Crippen molar-refractivity contribution >= 4 is 33.4 Å². The number of nitrogens with zero attached hydrogens (tertiary/aromatic N) is 3. The molecular weight excluding hydrogens is 340 g/mol. The Kier molecular flexibility index (Phi) is 3.79. The second kappa shape index (κ2) is 6.44. The summed E-state index contributed by atoms with van der Waals surface area (Å²) in [4.78, 5) is 14.2. The minimum absolute atomic E-state index is 0.485. The number of nitrogens with two attached hydrogens (primary N) is 1. The minimum Gasteiger partial charge on any atom is -0.456 e. The zero-order valence-electron chi connectivity index (χ0n) is 14.8. The van der Waals surface area contributed by atoms with Crippen molar-refractivity contribution in [1.82, 2.24) is 20.3 Å². The fourth-order valence-corrected chi connectivity index (χ4v) is 3.53. The molecule has 0 atom stereocenters. The molecule has 5 rings (SSSR count). The number of rotatable bonds is 3. The summed E-state index contributed by atoms with van der Waals surface area (Å²) in [5, 5.41) is 5.33. The Bertz CT molecular complexity index is 1120. The molecule has 136 valence electrons. The van der Waals surface area contributed by atoms with Crippen molar-refractivity contribution in [2.45, 2.75) is 0 Å². The van der Waals surface area contributed by atoms with Crippen LogP contribution in [0.25, 0.3) is 21.9 Å². The SMILES string of the molecule is Nc1cc2c(cn1)[nH]c1ncc(Oc3cccc(N4CCNCC4)c3)cc12. The minimum atomic E-state index is 0.485. The van der Waals surface area contributed by atoms with Crippen LogP contribution in [0.1, 0.15) is 0 Å². The number of aromatic nitrogens is 3. The third kappa shape index (κ3) is 3.02. The van der Waals surface area contributed by atoms with Gasteiger partial charge in [-0.3, -0.25) is 0 Å². The van der Waals surface area contributed by atoms with Gasteiger partial charge in [-0.15, -0.1) is 0 Å². The first kappa shape index (κ1) is 15.9. The Morgan fingerprint density at radius 1 is 0.963 bits per heavy atom. The highest BCUT2D eigenvalue weighted by Gasteiger charge is 2.12. The van der Waals surface area contributed by atoms with Gasteiger partial charge in [-0.25, -0.2) is 9.97 Å². The van der Waals surface area contributed by atoms with E-state index in [4.69, 9.17) is 10.5 Å². The van der Waals surface area contributed by atoms with Gasteiger partial charge in [0.2, 0.25) is 0 Å². The summed E-state index contributed by atoms with van der Waals surface area (Å²) >= 11 is 0. The molecule has 7 nitrogen and oxygen atoms in total. The molecule has 1 saturated heterocycles. The first-order valence-corrected chi connectivity index (χ1v) is 9.03. The Morgan fingerprint density at radius 3 is 2.74 bits per heavy atom. The largest absolute Gasteiger partial charge is 0.456 e. The highest BCUT2D eigenvalue weighted by molar-refractivity contribution is 6.06. The Hall–Kier alpha value is -3.32. The van der Waals surface area contributed by atoms with Crippen LogP contribution in [0.5, 0.6) is 11.5 Å². The van der Waals surface area contributed by atoms with E-state index in [1.807, 2.05) is 24.3 Å². The lowest BCUT2D eigenvalue weighted by molar-refractivity contribution is 0.481. The molecule has 0 spiro atoms. The van der Waals surface area contributed by atoms with Crippen molar-refractivity contribution in [1.29, 1.82) is 0 Å². The fourth-order valence-electron chi connectivity index (χ4n) is 3.53. The van der Waals surface area contributed by atoms with Crippen molar-refractivity contribution in [3.05, 3.63) is 48.8 Å². The molecule has 3 aromatic heterocycles. The van der Waals surface area contributed by atoms with E-state index >= 15 is 0 Å². The molecule has 1 aromatic carbocycles. The summed E-state index contributed by atoms with van der Waals surface area (Å²) < 4.78 is 6.10. The summed E-state index contributed by atoms with van der Waals surface area (Å²) in [6, 6.07) is 12.0. The van der Waals surface area contributed by atoms with Crippen molar-refractivity contribution in [2.75, 3.05) is 36.8 Å². The molecular formula is C20H20N6O. The zero-order valence-corrected chi connectivity index (χ0v) is 14.8. The van der Waals surface area contributed by atoms with Crippen molar-refractivity contribution in [3.8, 4) is 11.5 Å². The van der Waals surface area contributed by atoms with E-state index in [-0.39, 0.29) is 0 Å². The number of piperazine rings is 1. The molecule has 1 fully saturated rings. The maximum Gasteiger partial charge on any atom is 0.146 e. The molecule has 7 heteroatoms. The predicted molar refractivity (Wildman–Crippen MR) is 107 cm³/mol. The Balaban J connectivity index is 1.47. The number of fused-ring (bicyclic) bond motifs is 3. The van der Waals surface area contributed by atoms with Gasteiger partial charge in [0.25, 0.3) is 0 Å². The van der Waals surface area contributed by atoms with E-state index in [2.05, 4.69) is 37.3 Å². The van der Waals surface area contributed by atoms with E-state index in [0.717, 1.165) is 53.9 Å². The number of aromatic amines is 1. The Morgan fingerprint density at radius 2 is 1.85 bits per heavy atom. The second-order valence-corrected chi connectivity index (χ2v) is 6.68. The van der Waals surface area contributed by atoms with Gasteiger partial charge in [-0.1, -0.05) is 6.07 Å². The first-order valence-electron chi connectivity index (χ1n) is 9.03. The van der Waals surface area contributed by atoms with Gasteiger partial charge in [-0.2, -0.15) is 0 Å². The highest BCUT2D eigenvalue weighted by atomic mass is 16.5. The smallest absolute Gasteiger partial charge is 0.146 e. The number of anilines is 2. The zero-order chi connectivity index (χ0) is 18.2. The number of ether oxygens (including phenoxy) is 1. The van der Waals surface area contributed by atoms with Crippen LogP contribution < -0.4 is 20.7 Å². The van der Waals surface area contributed by atoms with Crippen LogP contribution in [0.4, 0.5) is 11.5 Å². The standard InChI is InChI=1S/C20H20N6O/c21-19-10-16-17-9-15(11-24-20(17)25-18(16)12-23-19)27-14-3-1-2-13(8-14)26-6-4-22-5-7-26/h1-3,8-12,22H,4-7H2,(H2,21,23)(H,24,25). The molecule has 0 amide bonds. The second-order valence-electron chi connectivity index (χ2n) is 6.68. The number of H-pyrrole nitrogens is 1. The lowest BCUT2D eigenvalue weighted by atomic mass is 10.2. The van der Waals surface area contributed by atoms with E-state index in [9.17, 15) is 0 Å². The van der Waals surface area contributed by atoms with Crippen molar-refractivity contribution < 1.29 is 4.74 Å². The molecule has 1 aliphatic rings. The molecule has 0 unspecified atom stereocenters. The average Bonchev–Trinajstić information content (AvgIpc) is 3.06. The predicted octanol–water partition coefficient (Wildman–Crippen LogP) is 2.90. The summed E-state index contributed by atoms with van der Waals surface area (Å²) in [6.45, 7) is 4.01. The molecule has 4 heterocycles. The van der Waals surface area contributed by atoms with Crippen LogP contribution >= 0.6 is 0 Å². The number of benzene rings is 1. The normalized spacial score (nSPS) is 14.7. The van der Waals surface area contributed by atoms with Crippen LogP contribution in [0.15, 0.2) is 48.8 Å². The van der Waals surface area contributed by atoms with Crippen molar-refractivity contribution in [2.24, 2.45) is 0 Å². The molecule has 27 heavy (non-hydrogen) atoms. The van der Waals surface area contributed by atoms with Crippen LogP contribution in [-0.4, -0.2) is 41.1 Å². The van der Waals surface area contributed by atoms with Gasteiger partial charge in [0.15, 0.2) is 0 Å². The van der Waals surface area contributed by atoms with Gasteiger partial charge in [0, 0.05) is 48.7 Å². The lowest BCUT2D eigenvalue weighted by Gasteiger charge is -2.29. The summed E-state index contributed by atoms with van der Waals surface area (Å²) in [6.07, 6.45) is 3.45. The molecule has 4 aromatic rings. The number of hydrogen-bond acceptors (Lipinski definition) is 6. The molecule has 1 aliphatic heterocycles. The van der Waals surface area contributed by atoms with Crippen LogP contribution in [-0.2, 0) is 0 Å². The van der Waals surface area contributed by atoms with Crippen LogP contribution in [0.2, 0.25) is 0 Å². The summed E-state index contributed by atoms with van der Waals surface area (Å²) in [5.74, 6) is 1.97. The average molecular weight is 360 g/mol. The fraction of sp³-hybridized carbons (Fsp3) is 0.200. The van der Waals surface area contributed by atoms with E-state index in [1.54, 1.807) is 12.4 Å². The Labute approximate surface area is 156 Å². The molecule has 4 N–H and O–H groups in total. The first-order chi connectivity index (χ1) is 13.3. The van der Waals surface area contributed by atoms with Gasteiger partial charge in [0.1, 0.15) is 23.0 Å². The highest BCUT2D eigenvalue weighted by Crippen LogP contribution is 2.31. The maximum atomic E-state index is 6.10. The molecule has 0 aliphatic carbocycles. The van der Waals surface area contributed by atoms with E-state index < -0.39 is 0 Å². The number of hydrogen-bond donors (Lipinski definition) is 3. The monoisotopic (exact) mass is 360 g/mol. The topological polar surface area (TPSA) is 92.1 Å². The summed E-state index contributed by atoms with van der Waals surface area (Å²) in [7, 11) is 0. The van der Waals surface area contributed by atoms with Crippen LogP contribution in [0, 0.1) is 0 Å². The quantitative estimate of drug-likeness (QED) is 0.520. The maximum absolute atomic E-state index is 6.10. The number of nitrogens with one attached hydrogen (secondary N) is 2. The van der Waals surface area contributed by atoms with Gasteiger partial charge in [0.05, 0.1) is 17.9 Å². The summed E-state index contributed by atoms with van der Waals surface area (Å²) in [5.41, 5.74) is 8.71. The molecule has 0 saturated carbocycles. The number of nitrogen functional groups attached to an aromatic ring is 1. The molecule has 0 bridgehead atoms. The third-order valence-electron chi connectivity index (χ3n) is 4.87. The van der Waals surface area contributed by atoms with Gasteiger partial charge in [-0.05, 0) is 24.3 Å². The lowest BCUT2D eigenvalue weighted by Crippen LogP contribution is -2.43. The van der Waals surface area contributed by atoms with Crippen molar-refractivity contribution in [3.63, 3.8) is 0 Å². The van der Waals surface area contributed by atoms with Gasteiger partial charge >= 0.3 is 0 Å².